The zero-order valence-electron chi connectivity index (χ0n) is 6.95. The average molecular weight is 245 g/mol. The van der Waals surface area contributed by atoms with E-state index in [2.05, 4.69) is 0 Å². The van der Waals surface area contributed by atoms with Crippen LogP contribution in [0.25, 0.3) is 0 Å². The fourth-order valence-electron chi connectivity index (χ4n) is 0.900. The first-order valence-corrected chi connectivity index (χ1v) is 4.70. The molecule has 0 nitrogen and oxygen atoms in total. The van der Waals surface area contributed by atoms with Crippen LogP contribution in [0.2, 0.25) is 5.02 Å². The lowest BCUT2D eigenvalue weighted by Crippen LogP contribution is -2.01. The molecule has 0 saturated carbocycles. The lowest BCUT2D eigenvalue weighted by atomic mass is 10.2. The van der Waals surface area contributed by atoms with Gasteiger partial charge in [-0.1, -0.05) is 11.6 Å². The Morgan fingerprint density at radius 2 is 1.86 bits per heavy atom. The van der Waals surface area contributed by atoms with E-state index in [1.54, 1.807) is 6.92 Å². The van der Waals surface area contributed by atoms with Crippen LogP contribution in [-0.2, 0) is 0 Å². The van der Waals surface area contributed by atoms with Crippen molar-refractivity contribution in [2.45, 2.75) is 17.3 Å². The molecule has 0 unspecified atom stereocenters. The highest BCUT2D eigenvalue weighted by Crippen LogP contribution is 2.41. The first-order valence-electron chi connectivity index (χ1n) is 3.51. The molecule has 0 aliphatic rings. The minimum absolute atomic E-state index is 0.218. The molecule has 0 saturated heterocycles. The average Bonchev–Trinajstić information content (AvgIpc) is 1.95. The third-order valence-electron chi connectivity index (χ3n) is 1.36. The monoisotopic (exact) mass is 244 g/mol. The zero-order valence-corrected chi connectivity index (χ0v) is 8.53. The number of benzene rings is 1. The Hall–Kier alpha value is -0.420. The molecule has 1 aromatic carbocycles. The summed E-state index contributed by atoms with van der Waals surface area (Å²) in [6.07, 6.45) is 0. The minimum Gasteiger partial charge on any atom is -0.206 e. The molecule has 0 amide bonds. The van der Waals surface area contributed by atoms with Gasteiger partial charge in [-0.15, -0.1) is 0 Å². The maximum atomic E-state index is 13.0. The second-order valence-electron chi connectivity index (χ2n) is 2.61. The maximum Gasteiger partial charge on any atom is 0.446 e. The van der Waals surface area contributed by atoms with Crippen LogP contribution in [0, 0.1) is 12.7 Å². The lowest BCUT2D eigenvalue weighted by Gasteiger charge is -2.08. The van der Waals surface area contributed by atoms with E-state index in [0.717, 1.165) is 6.07 Å². The summed E-state index contributed by atoms with van der Waals surface area (Å²) in [5.74, 6) is -0.947. The molecular weight excluding hydrogens is 240 g/mol. The Morgan fingerprint density at radius 1 is 1.29 bits per heavy atom. The molecule has 0 N–H and O–H groups in total. The van der Waals surface area contributed by atoms with Crippen LogP contribution in [0.4, 0.5) is 17.6 Å². The molecule has 0 radical (unpaired) electrons. The lowest BCUT2D eigenvalue weighted by molar-refractivity contribution is -0.0329. The second kappa shape index (κ2) is 3.98. The number of halogens is 5. The van der Waals surface area contributed by atoms with Crippen LogP contribution in [0.5, 0.6) is 0 Å². The third kappa shape index (κ3) is 3.06. The number of rotatable bonds is 1. The van der Waals surface area contributed by atoms with Gasteiger partial charge >= 0.3 is 5.51 Å². The number of hydrogen-bond acceptors (Lipinski definition) is 1. The summed E-state index contributed by atoms with van der Waals surface area (Å²) in [7, 11) is 0. The van der Waals surface area contributed by atoms with Crippen LogP contribution >= 0.6 is 23.4 Å². The number of hydrogen-bond donors (Lipinski definition) is 0. The van der Waals surface area contributed by atoms with E-state index < -0.39 is 28.0 Å². The van der Waals surface area contributed by atoms with Gasteiger partial charge in [0.05, 0.1) is 9.92 Å². The Morgan fingerprint density at radius 3 is 2.29 bits per heavy atom. The molecule has 0 spiro atoms. The molecular formula is C8H5ClF4S. The van der Waals surface area contributed by atoms with Gasteiger partial charge < -0.3 is 0 Å². The predicted molar refractivity (Wildman–Crippen MR) is 48.1 cm³/mol. The first kappa shape index (κ1) is 11.7. The Balaban J connectivity index is 3.09. The van der Waals surface area contributed by atoms with Gasteiger partial charge in [-0.25, -0.2) is 4.39 Å². The van der Waals surface area contributed by atoms with E-state index in [-0.39, 0.29) is 5.02 Å². The molecule has 0 aliphatic heterocycles. The van der Waals surface area contributed by atoms with Gasteiger partial charge in [-0.3, -0.25) is 0 Å². The van der Waals surface area contributed by atoms with Crippen molar-refractivity contribution in [2.75, 3.05) is 0 Å². The Kier molecular flexibility index (Phi) is 3.32. The molecule has 1 rings (SSSR count). The van der Waals surface area contributed by atoms with Crippen molar-refractivity contribution in [1.82, 2.24) is 0 Å². The molecule has 0 atom stereocenters. The van der Waals surface area contributed by atoms with Crippen LogP contribution in [0.3, 0.4) is 0 Å². The normalized spacial score (nSPS) is 11.9. The molecule has 14 heavy (non-hydrogen) atoms. The van der Waals surface area contributed by atoms with E-state index in [9.17, 15) is 17.6 Å². The molecule has 6 heteroatoms. The highest BCUT2D eigenvalue weighted by atomic mass is 35.5. The summed E-state index contributed by atoms with van der Waals surface area (Å²) >= 11 is 4.94. The SMILES string of the molecule is Cc1cc(F)c(SC(F)(F)F)c(Cl)c1. The van der Waals surface area contributed by atoms with Crippen molar-refractivity contribution in [3.63, 3.8) is 0 Å². The van der Waals surface area contributed by atoms with Crippen LogP contribution in [-0.4, -0.2) is 5.51 Å². The number of aryl methyl sites for hydroxylation is 1. The molecule has 78 valence electrons. The summed E-state index contributed by atoms with van der Waals surface area (Å²) in [6.45, 7) is 1.55. The fourth-order valence-corrected chi connectivity index (χ4v) is 1.82. The van der Waals surface area contributed by atoms with Crippen LogP contribution in [0.15, 0.2) is 17.0 Å². The quantitative estimate of drug-likeness (QED) is 0.521. The number of alkyl halides is 3. The van der Waals surface area contributed by atoms with Crippen LogP contribution < -0.4 is 0 Å². The first-order chi connectivity index (χ1) is 6.29. The standard InChI is InChI=1S/C8H5ClF4S/c1-4-2-5(9)7(6(10)3-4)14-8(11,12)13/h2-3H,1H3. The zero-order chi connectivity index (χ0) is 10.9. The molecule has 0 heterocycles. The molecule has 0 aliphatic carbocycles. The molecule has 1 aromatic rings. The van der Waals surface area contributed by atoms with E-state index in [1.807, 2.05) is 0 Å². The predicted octanol–water partition coefficient (Wildman–Crippen LogP) is 4.40. The van der Waals surface area contributed by atoms with Gasteiger partial charge in [0.2, 0.25) is 0 Å². The van der Waals surface area contributed by atoms with Gasteiger partial charge in [-0.05, 0) is 36.4 Å². The summed E-state index contributed by atoms with van der Waals surface area (Å²) in [5, 5.41) is -0.218. The van der Waals surface area contributed by atoms with E-state index in [4.69, 9.17) is 11.6 Å². The van der Waals surface area contributed by atoms with Crippen molar-refractivity contribution in [1.29, 1.82) is 0 Å². The van der Waals surface area contributed by atoms with Crippen LogP contribution in [0.1, 0.15) is 5.56 Å². The Bertz CT molecular complexity index is 325. The summed E-state index contributed by atoms with van der Waals surface area (Å²) in [6, 6.07) is 2.30. The smallest absolute Gasteiger partial charge is 0.206 e. The Labute approximate surface area is 87.2 Å². The number of thioether (sulfide) groups is 1. The van der Waals surface area contributed by atoms with E-state index in [1.165, 1.54) is 6.07 Å². The van der Waals surface area contributed by atoms with Gasteiger partial charge in [0.15, 0.2) is 0 Å². The summed E-state index contributed by atoms with van der Waals surface area (Å²) in [4.78, 5) is -0.579. The highest BCUT2D eigenvalue weighted by molar-refractivity contribution is 8.00. The molecule has 0 aromatic heterocycles. The summed E-state index contributed by atoms with van der Waals surface area (Å²) < 4.78 is 48.9. The molecule has 0 bridgehead atoms. The fraction of sp³-hybridized carbons (Fsp3) is 0.250. The summed E-state index contributed by atoms with van der Waals surface area (Å²) in [5.41, 5.74) is -4.04. The van der Waals surface area contributed by atoms with Gasteiger partial charge in [0.25, 0.3) is 0 Å². The van der Waals surface area contributed by atoms with Gasteiger partial charge in [0.1, 0.15) is 5.82 Å². The van der Waals surface area contributed by atoms with E-state index >= 15 is 0 Å². The molecule has 0 fully saturated rings. The van der Waals surface area contributed by atoms with Crippen molar-refractivity contribution >= 4 is 23.4 Å². The van der Waals surface area contributed by atoms with Crippen molar-refractivity contribution < 1.29 is 17.6 Å². The van der Waals surface area contributed by atoms with Gasteiger partial charge in [-0.2, -0.15) is 13.2 Å². The van der Waals surface area contributed by atoms with E-state index in [0.29, 0.717) is 5.56 Å². The van der Waals surface area contributed by atoms with Gasteiger partial charge in [0, 0.05) is 0 Å². The van der Waals surface area contributed by atoms with Crippen molar-refractivity contribution in [3.8, 4) is 0 Å². The third-order valence-corrected chi connectivity index (χ3v) is 2.62. The highest BCUT2D eigenvalue weighted by Gasteiger charge is 2.32. The second-order valence-corrected chi connectivity index (χ2v) is 4.09. The maximum absolute atomic E-state index is 13.0. The van der Waals surface area contributed by atoms with Crippen molar-refractivity contribution in [3.05, 3.63) is 28.5 Å². The minimum atomic E-state index is -4.53. The van der Waals surface area contributed by atoms with Crippen molar-refractivity contribution in [2.24, 2.45) is 0 Å². The topological polar surface area (TPSA) is 0 Å². The largest absolute Gasteiger partial charge is 0.446 e.